The first-order valence-electron chi connectivity index (χ1n) is 4.81. The Morgan fingerprint density at radius 1 is 1.50 bits per heavy atom. The number of hydrogen-bond donors (Lipinski definition) is 1. The molecule has 2 fully saturated rings. The monoisotopic (exact) mass is 199 g/mol. The van der Waals surface area contributed by atoms with Gasteiger partial charge in [0.1, 0.15) is 12.1 Å². The van der Waals surface area contributed by atoms with Crippen molar-refractivity contribution in [2.24, 2.45) is 0 Å². The van der Waals surface area contributed by atoms with Gasteiger partial charge in [0.2, 0.25) is 0 Å². The van der Waals surface area contributed by atoms with Gasteiger partial charge < -0.3 is 9.84 Å². The van der Waals surface area contributed by atoms with Crippen LogP contribution in [-0.4, -0.2) is 40.8 Å². The summed E-state index contributed by atoms with van der Waals surface area (Å²) < 4.78 is 5.25. The van der Waals surface area contributed by atoms with Crippen molar-refractivity contribution in [1.82, 2.24) is 4.90 Å². The fourth-order valence-corrected chi connectivity index (χ4v) is 1.96. The molecule has 1 saturated carbocycles. The van der Waals surface area contributed by atoms with Gasteiger partial charge in [0.05, 0.1) is 0 Å². The van der Waals surface area contributed by atoms with Gasteiger partial charge in [-0.25, -0.2) is 4.79 Å². The highest BCUT2D eigenvalue weighted by Crippen LogP contribution is 2.41. The third-order valence-electron chi connectivity index (χ3n) is 2.99. The van der Waals surface area contributed by atoms with Crippen molar-refractivity contribution in [2.75, 3.05) is 13.1 Å². The molecule has 14 heavy (non-hydrogen) atoms. The highest BCUT2D eigenvalue weighted by atomic mass is 16.6. The maximum absolute atomic E-state index is 11.4. The highest BCUT2D eigenvalue weighted by molar-refractivity contribution is 5.77. The Hall–Kier alpha value is -1.26. The van der Waals surface area contributed by atoms with E-state index >= 15 is 0 Å². The van der Waals surface area contributed by atoms with Crippen molar-refractivity contribution in [3.63, 3.8) is 0 Å². The van der Waals surface area contributed by atoms with Crippen molar-refractivity contribution < 1.29 is 19.4 Å². The molecule has 5 nitrogen and oxygen atoms in total. The van der Waals surface area contributed by atoms with Crippen molar-refractivity contribution in [1.29, 1.82) is 0 Å². The molecule has 2 rings (SSSR count). The average Bonchev–Trinajstić information content (AvgIpc) is 2.05. The number of carboxylic acids is 1. The first-order valence-corrected chi connectivity index (χ1v) is 4.81. The number of nitrogens with zero attached hydrogens (tertiary/aromatic N) is 1. The zero-order chi connectivity index (χ0) is 10.2. The average molecular weight is 199 g/mol. The number of aliphatic carboxylic acids is 1. The van der Waals surface area contributed by atoms with Crippen LogP contribution in [0.15, 0.2) is 0 Å². The second-order valence-corrected chi connectivity index (χ2v) is 3.97. The number of carboxylic acid groups (broad SMARTS) is 1. The third kappa shape index (κ3) is 1.54. The van der Waals surface area contributed by atoms with Gasteiger partial charge in [-0.1, -0.05) is 0 Å². The van der Waals surface area contributed by atoms with Crippen molar-refractivity contribution >= 4 is 12.1 Å². The molecule has 1 spiro atoms. The fraction of sp³-hybridized carbons (Fsp3) is 0.778. The molecule has 0 aromatic rings. The van der Waals surface area contributed by atoms with Crippen LogP contribution in [-0.2, 0) is 9.53 Å². The van der Waals surface area contributed by atoms with Gasteiger partial charge in [0, 0.05) is 13.0 Å². The van der Waals surface area contributed by atoms with Crippen LogP contribution in [0, 0.1) is 0 Å². The molecular weight excluding hydrogens is 186 g/mol. The van der Waals surface area contributed by atoms with Crippen LogP contribution in [0.4, 0.5) is 4.79 Å². The largest absolute Gasteiger partial charge is 0.480 e. The molecule has 1 N–H and O–H groups in total. The Morgan fingerprint density at radius 2 is 2.21 bits per heavy atom. The summed E-state index contributed by atoms with van der Waals surface area (Å²) in [5.74, 6) is -0.994. The molecule has 1 heterocycles. The molecular formula is C9H13NO4. The number of carbonyl (C=O) groups excluding carboxylic acids is 1. The lowest BCUT2D eigenvalue weighted by Crippen LogP contribution is -2.53. The zero-order valence-electron chi connectivity index (χ0n) is 7.86. The SMILES string of the molecule is O=C(O)CN1CCC2(CCC2)OC1=O. The van der Waals surface area contributed by atoms with E-state index in [2.05, 4.69) is 0 Å². The summed E-state index contributed by atoms with van der Waals surface area (Å²) in [6.07, 6.45) is 3.26. The second kappa shape index (κ2) is 3.15. The summed E-state index contributed by atoms with van der Waals surface area (Å²) in [6, 6.07) is 0. The van der Waals surface area contributed by atoms with Gasteiger partial charge in [-0.05, 0) is 19.3 Å². The maximum Gasteiger partial charge on any atom is 0.410 e. The van der Waals surface area contributed by atoms with Crippen LogP contribution in [0.5, 0.6) is 0 Å². The molecule has 0 unspecified atom stereocenters. The Bertz CT molecular complexity index is 272. The van der Waals surface area contributed by atoms with Crippen LogP contribution in [0.3, 0.4) is 0 Å². The second-order valence-electron chi connectivity index (χ2n) is 3.97. The molecule has 1 amide bonds. The molecule has 0 aromatic heterocycles. The van der Waals surface area contributed by atoms with E-state index in [-0.39, 0.29) is 12.1 Å². The molecule has 0 radical (unpaired) electrons. The third-order valence-corrected chi connectivity index (χ3v) is 2.99. The molecule has 0 bridgehead atoms. The zero-order valence-corrected chi connectivity index (χ0v) is 7.86. The fourth-order valence-electron chi connectivity index (χ4n) is 1.96. The standard InChI is InChI=1S/C9H13NO4/c11-7(12)6-10-5-4-9(2-1-3-9)14-8(10)13/h1-6H2,(H,11,12). The Balaban J connectivity index is 1.93. The molecule has 78 valence electrons. The van der Waals surface area contributed by atoms with E-state index in [1.807, 2.05) is 0 Å². The van der Waals surface area contributed by atoms with Gasteiger partial charge >= 0.3 is 12.1 Å². The van der Waals surface area contributed by atoms with Crippen LogP contribution < -0.4 is 0 Å². The lowest BCUT2D eigenvalue weighted by Gasteiger charge is -2.46. The van der Waals surface area contributed by atoms with Crippen molar-refractivity contribution in [2.45, 2.75) is 31.3 Å². The first kappa shape index (κ1) is 9.30. The van der Waals surface area contributed by atoms with E-state index in [9.17, 15) is 9.59 Å². The van der Waals surface area contributed by atoms with E-state index in [1.165, 1.54) is 4.90 Å². The Kier molecular flexibility index (Phi) is 2.09. The van der Waals surface area contributed by atoms with Gasteiger partial charge in [0.15, 0.2) is 0 Å². The summed E-state index contributed by atoms with van der Waals surface area (Å²) in [4.78, 5) is 23.0. The number of ether oxygens (including phenoxy) is 1. The molecule has 0 atom stereocenters. The van der Waals surface area contributed by atoms with E-state index in [0.29, 0.717) is 6.54 Å². The van der Waals surface area contributed by atoms with E-state index < -0.39 is 12.1 Å². The lowest BCUT2D eigenvalue weighted by atomic mass is 9.77. The summed E-state index contributed by atoms with van der Waals surface area (Å²) in [5.41, 5.74) is -0.244. The van der Waals surface area contributed by atoms with Crippen molar-refractivity contribution in [3.8, 4) is 0 Å². The molecule has 1 saturated heterocycles. The first-order chi connectivity index (χ1) is 6.61. The minimum atomic E-state index is -0.994. The molecule has 2 aliphatic rings. The number of hydrogen-bond acceptors (Lipinski definition) is 3. The van der Waals surface area contributed by atoms with E-state index in [4.69, 9.17) is 9.84 Å². The topological polar surface area (TPSA) is 66.8 Å². The van der Waals surface area contributed by atoms with Crippen LogP contribution >= 0.6 is 0 Å². The molecule has 1 aliphatic heterocycles. The predicted octanol–water partition coefficient (Wildman–Crippen LogP) is 0.836. The number of rotatable bonds is 2. The summed E-state index contributed by atoms with van der Waals surface area (Å²) in [6.45, 7) is 0.250. The minimum Gasteiger partial charge on any atom is -0.480 e. The summed E-state index contributed by atoms with van der Waals surface area (Å²) in [5, 5.41) is 8.54. The lowest BCUT2D eigenvalue weighted by molar-refractivity contribution is -0.141. The van der Waals surface area contributed by atoms with Crippen molar-refractivity contribution in [3.05, 3.63) is 0 Å². The quantitative estimate of drug-likeness (QED) is 0.715. The van der Waals surface area contributed by atoms with Crippen LogP contribution in [0.25, 0.3) is 0 Å². The Morgan fingerprint density at radius 3 is 2.64 bits per heavy atom. The van der Waals surface area contributed by atoms with Crippen LogP contribution in [0.2, 0.25) is 0 Å². The number of amides is 1. The van der Waals surface area contributed by atoms with Crippen LogP contribution in [0.1, 0.15) is 25.7 Å². The smallest absolute Gasteiger partial charge is 0.410 e. The normalized spacial score (nSPS) is 24.3. The Labute approximate surface area is 81.6 Å². The van der Waals surface area contributed by atoms with Gasteiger partial charge in [0.25, 0.3) is 0 Å². The molecule has 5 heteroatoms. The highest BCUT2D eigenvalue weighted by Gasteiger charge is 2.45. The van der Waals surface area contributed by atoms with Gasteiger partial charge in [-0.15, -0.1) is 0 Å². The summed E-state index contributed by atoms with van der Waals surface area (Å²) >= 11 is 0. The number of carbonyl (C=O) groups is 2. The molecule has 1 aliphatic carbocycles. The maximum atomic E-state index is 11.4. The van der Waals surface area contributed by atoms with Gasteiger partial charge in [-0.2, -0.15) is 0 Å². The minimum absolute atomic E-state index is 0.244. The van der Waals surface area contributed by atoms with Gasteiger partial charge in [-0.3, -0.25) is 9.69 Å². The van der Waals surface area contributed by atoms with E-state index in [1.54, 1.807) is 0 Å². The summed E-state index contributed by atoms with van der Waals surface area (Å²) in [7, 11) is 0. The van der Waals surface area contributed by atoms with E-state index in [0.717, 1.165) is 25.7 Å². The predicted molar refractivity (Wildman–Crippen MR) is 46.9 cm³/mol. The molecule has 0 aromatic carbocycles.